The number of carbonyl (C=O) groups is 2. The van der Waals surface area contributed by atoms with Crippen LogP contribution in [0.25, 0.3) is 0 Å². The van der Waals surface area contributed by atoms with Crippen molar-refractivity contribution in [3.63, 3.8) is 0 Å². The molecule has 6 N–H and O–H groups in total. The molecule has 0 aliphatic heterocycles. The van der Waals surface area contributed by atoms with Crippen LogP contribution >= 0.6 is 0 Å². The van der Waals surface area contributed by atoms with Gasteiger partial charge in [-0.25, -0.2) is 11.7 Å². The predicted molar refractivity (Wildman–Crippen MR) is 89.2 cm³/mol. The highest BCUT2D eigenvalue weighted by atomic mass is 16.2. The van der Waals surface area contributed by atoms with E-state index in [1.54, 1.807) is 0 Å². The molecular formula is C16H34N4O2. The number of nitrogens with two attached hydrogens (primary N) is 2. The van der Waals surface area contributed by atoms with Crippen molar-refractivity contribution in [2.45, 2.75) is 84.0 Å². The number of unbranched alkanes of at least 4 members (excludes halogenated alkanes) is 9. The van der Waals surface area contributed by atoms with Crippen molar-refractivity contribution < 1.29 is 9.59 Å². The molecule has 2 amide bonds. The predicted octanol–water partition coefficient (Wildman–Crippen LogP) is 2.28. The largest absolute Gasteiger partial charge is 0.294 e. The SMILES string of the molecule is CCCCCCCCCCCCC(CC(=O)NN)C(=O)NN. The van der Waals surface area contributed by atoms with Gasteiger partial charge in [-0.3, -0.25) is 20.4 Å². The van der Waals surface area contributed by atoms with Crippen molar-refractivity contribution in [1.29, 1.82) is 0 Å². The summed E-state index contributed by atoms with van der Waals surface area (Å²) in [5.74, 6) is 9.19. The van der Waals surface area contributed by atoms with E-state index in [1.807, 2.05) is 0 Å². The third-order valence-electron chi connectivity index (χ3n) is 4.01. The maximum absolute atomic E-state index is 11.6. The summed E-state index contributed by atoms with van der Waals surface area (Å²) in [6, 6.07) is 0. The molecule has 0 spiro atoms. The van der Waals surface area contributed by atoms with E-state index in [9.17, 15) is 9.59 Å². The molecule has 0 aliphatic carbocycles. The highest BCUT2D eigenvalue weighted by Gasteiger charge is 2.20. The van der Waals surface area contributed by atoms with Crippen LogP contribution in [0.1, 0.15) is 84.0 Å². The van der Waals surface area contributed by atoms with E-state index >= 15 is 0 Å². The molecule has 1 unspecified atom stereocenters. The van der Waals surface area contributed by atoms with Gasteiger partial charge in [0.1, 0.15) is 0 Å². The third-order valence-corrected chi connectivity index (χ3v) is 4.01. The summed E-state index contributed by atoms with van der Waals surface area (Å²) in [6.45, 7) is 2.23. The Morgan fingerprint density at radius 2 is 1.32 bits per heavy atom. The second-order valence-electron chi connectivity index (χ2n) is 5.95. The molecule has 0 saturated heterocycles. The van der Waals surface area contributed by atoms with Crippen LogP contribution in [-0.4, -0.2) is 11.8 Å². The Labute approximate surface area is 134 Å². The van der Waals surface area contributed by atoms with E-state index in [2.05, 4.69) is 17.8 Å². The zero-order valence-corrected chi connectivity index (χ0v) is 14.0. The number of rotatable bonds is 14. The summed E-state index contributed by atoms with van der Waals surface area (Å²) in [7, 11) is 0. The van der Waals surface area contributed by atoms with Crippen molar-refractivity contribution in [2.75, 3.05) is 0 Å². The quantitative estimate of drug-likeness (QED) is 0.171. The van der Waals surface area contributed by atoms with E-state index in [0.29, 0.717) is 6.42 Å². The zero-order valence-electron chi connectivity index (χ0n) is 14.0. The van der Waals surface area contributed by atoms with E-state index < -0.39 is 0 Å². The summed E-state index contributed by atoms with van der Waals surface area (Å²) >= 11 is 0. The Kier molecular flexibility index (Phi) is 14.0. The second kappa shape index (κ2) is 14.8. The minimum Gasteiger partial charge on any atom is -0.294 e. The van der Waals surface area contributed by atoms with Crippen molar-refractivity contribution in [2.24, 2.45) is 17.6 Å². The van der Waals surface area contributed by atoms with Gasteiger partial charge in [-0.15, -0.1) is 0 Å². The molecule has 0 rings (SSSR count). The number of nitrogens with one attached hydrogen (secondary N) is 2. The normalized spacial score (nSPS) is 12.0. The van der Waals surface area contributed by atoms with Crippen molar-refractivity contribution in [1.82, 2.24) is 10.9 Å². The Bertz CT molecular complexity index is 298. The van der Waals surface area contributed by atoms with E-state index in [4.69, 9.17) is 11.7 Å². The first-order valence-corrected chi connectivity index (χ1v) is 8.65. The van der Waals surface area contributed by atoms with Crippen molar-refractivity contribution in [3.8, 4) is 0 Å². The van der Waals surface area contributed by atoms with Gasteiger partial charge >= 0.3 is 0 Å². The van der Waals surface area contributed by atoms with Crippen LogP contribution < -0.4 is 22.5 Å². The average molecular weight is 314 g/mol. The highest BCUT2D eigenvalue weighted by Crippen LogP contribution is 2.16. The first-order chi connectivity index (χ1) is 10.7. The maximum Gasteiger partial charge on any atom is 0.237 e. The smallest absolute Gasteiger partial charge is 0.237 e. The molecule has 0 radical (unpaired) electrons. The molecule has 0 aromatic heterocycles. The number of hydrazine groups is 2. The van der Waals surface area contributed by atoms with Crippen LogP contribution in [0.3, 0.4) is 0 Å². The monoisotopic (exact) mass is 314 g/mol. The van der Waals surface area contributed by atoms with Gasteiger partial charge < -0.3 is 0 Å². The first-order valence-electron chi connectivity index (χ1n) is 8.65. The standard InChI is InChI=1S/C16H34N4O2/c1-2-3-4-5-6-7-8-9-10-11-12-14(16(22)20-18)13-15(21)19-17/h14H,2-13,17-18H2,1H3,(H,19,21)(H,20,22). The summed E-state index contributed by atoms with van der Waals surface area (Å²) in [6.07, 6.45) is 13.2. The topological polar surface area (TPSA) is 110 Å². The highest BCUT2D eigenvalue weighted by molar-refractivity contribution is 5.85. The lowest BCUT2D eigenvalue weighted by Crippen LogP contribution is -2.39. The van der Waals surface area contributed by atoms with Gasteiger partial charge in [0, 0.05) is 12.3 Å². The molecule has 0 aliphatic rings. The van der Waals surface area contributed by atoms with Gasteiger partial charge in [0.25, 0.3) is 0 Å². The number of hydrogen-bond acceptors (Lipinski definition) is 4. The van der Waals surface area contributed by atoms with Gasteiger partial charge in [0.2, 0.25) is 11.8 Å². The van der Waals surface area contributed by atoms with Crippen LogP contribution in [-0.2, 0) is 9.59 Å². The minimum absolute atomic E-state index is 0.0942. The number of amides is 2. The van der Waals surface area contributed by atoms with Gasteiger partial charge in [-0.1, -0.05) is 71.1 Å². The van der Waals surface area contributed by atoms with Gasteiger partial charge in [0.15, 0.2) is 0 Å². The molecule has 0 fully saturated rings. The van der Waals surface area contributed by atoms with Crippen LogP contribution in [0.2, 0.25) is 0 Å². The summed E-state index contributed by atoms with van der Waals surface area (Å²) in [5.41, 5.74) is 4.17. The van der Waals surface area contributed by atoms with Crippen LogP contribution in [0.5, 0.6) is 0 Å². The molecule has 6 nitrogen and oxygen atoms in total. The van der Waals surface area contributed by atoms with Gasteiger partial charge in [0.05, 0.1) is 0 Å². The molecule has 130 valence electrons. The molecule has 0 heterocycles. The fourth-order valence-electron chi connectivity index (χ4n) is 2.60. The molecule has 6 heteroatoms. The molecule has 22 heavy (non-hydrogen) atoms. The van der Waals surface area contributed by atoms with Crippen molar-refractivity contribution in [3.05, 3.63) is 0 Å². The lowest BCUT2D eigenvalue weighted by molar-refractivity contribution is -0.130. The summed E-state index contributed by atoms with van der Waals surface area (Å²) < 4.78 is 0. The third kappa shape index (κ3) is 11.5. The minimum atomic E-state index is -0.386. The van der Waals surface area contributed by atoms with E-state index in [-0.39, 0.29) is 24.2 Å². The Balaban J connectivity index is 3.63. The number of hydrogen-bond donors (Lipinski definition) is 4. The Morgan fingerprint density at radius 1 is 0.818 bits per heavy atom. The zero-order chi connectivity index (χ0) is 16.6. The number of carbonyl (C=O) groups excluding carboxylic acids is 2. The fraction of sp³-hybridized carbons (Fsp3) is 0.875. The van der Waals surface area contributed by atoms with Gasteiger partial charge in [-0.05, 0) is 6.42 Å². The van der Waals surface area contributed by atoms with E-state index in [1.165, 1.54) is 51.4 Å². The molecule has 1 atom stereocenters. The fourth-order valence-corrected chi connectivity index (χ4v) is 2.60. The van der Waals surface area contributed by atoms with Gasteiger partial charge in [-0.2, -0.15) is 0 Å². The maximum atomic E-state index is 11.6. The average Bonchev–Trinajstić information content (AvgIpc) is 2.54. The molecule has 0 saturated carbocycles. The van der Waals surface area contributed by atoms with E-state index in [0.717, 1.165) is 12.8 Å². The molecular weight excluding hydrogens is 280 g/mol. The summed E-state index contributed by atoms with van der Waals surface area (Å²) in [4.78, 5) is 22.9. The molecule has 0 aromatic carbocycles. The lowest BCUT2D eigenvalue weighted by atomic mass is 9.96. The molecule has 0 aromatic rings. The first kappa shape index (κ1) is 20.9. The summed E-state index contributed by atoms with van der Waals surface area (Å²) in [5, 5.41) is 0. The Morgan fingerprint density at radius 3 is 1.77 bits per heavy atom. The lowest BCUT2D eigenvalue weighted by Gasteiger charge is -2.14. The Hall–Kier alpha value is -1.14. The van der Waals surface area contributed by atoms with Crippen LogP contribution in [0.15, 0.2) is 0 Å². The molecule has 0 bridgehead atoms. The second-order valence-corrected chi connectivity index (χ2v) is 5.95. The van der Waals surface area contributed by atoms with Crippen LogP contribution in [0.4, 0.5) is 0 Å². The van der Waals surface area contributed by atoms with Crippen LogP contribution in [0, 0.1) is 5.92 Å². The van der Waals surface area contributed by atoms with Crippen molar-refractivity contribution >= 4 is 11.8 Å².